The molecule has 2 heterocycles. The van der Waals surface area contributed by atoms with E-state index in [-0.39, 0.29) is 0 Å². The quantitative estimate of drug-likeness (QED) is 0.895. The number of nitrogens with one attached hydrogen (secondary N) is 1. The highest BCUT2D eigenvalue weighted by Gasteiger charge is 2.16. The second-order valence-corrected chi connectivity index (χ2v) is 4.92. The van der Waals surface area contributed by atoms with Crippen LogP contribution >= 0.6 is 15.9 Å². The van der Waals surface area contributed by atoms with Crippen LogP contribution in [0.1, 0.15) is 32.0 Å². The zero-order valence-corrected chi connectivity index (χ0v) is 10.7. The van der Waals surface area contributed by atoms with E-state index in [0.29, 0.717) is 6.04 Å². The Hall–Kier alpha value is -0.610. The lowest BCUT2D eigenvalue weighted by Gasteiger charge is -2.18. The van der Waals surface area contributed by atoms with E-state index in [1.54, 1.807) is 0 Å². The lowest BCUT2D eigenvalue weighted by atomic mass is 10.1. The molecule has 0 unspecified atom stereocenters. The van der Waals surface area contributed by atoms with E-state index < -0.39 is 0 Å². The van der Waals surface area contributed by atoms with Crippen molar-refractivity contribution in [1.29, 1.82) is 0 Å². The average molecular weight is 270 g/mol. The van der Waals surface area contributed by atoms with Crippen LogP contribution in [0.3, 0.4) is 0 Å². The van der Waals surface area contributed by atoms with Gasteiger partial charge in [0.05, 0.1) is 16.4 Å². The maximum Gasteiger partial charge on any atom is 0.0785 e. The molecule has 1 aliphatic rings. The van der Waals surface area contributed by atoms with Gasteiger partial charge in [-0.25, -0.2) is 0 Å². The first-order valence-corrected chi connectivity index (χ1v) is 6.12. The van der Waals surface area contributed by atoms with Gasteiger partial charge in [0, 0.05) is 12.6 Å². The molecule has 1 aromatic heterocycles. The van der Waals surface area contributed by atoms with E-state index >= 15 is 0 Å². The smallest absolute Gasteiger partial charge is 0.0785 e. The fourth-order valence-corrected chi connectivity index (χ4v) is 2.40. The Kier molecular flexibility index (Phi) is 3.26. The molecule has 0 aliphatic carbocycles. The van der Waals surface area contributed by atoms with Crippen LogP contribution in [-0.2, 0) is 0 Å². The van der Waals surface area contributed by atoms with Crippen LogP contribution in [0, 0.1) is 0 Å². The van der Waals surface area contributed by atoms with Crippen LogP contribution in [0.2, 0.25) is 0 Å². The van der Waals surface area contributed by atoms with Crippen LogP contribution in [0.15, 0.2) is 16.7 Å². The van der Waals surface area contributed by atoms with Crippen molar-refractivity contribution < 1.29 is 0 Å². The fraction of sp³-hybridized carbons (Fsp3) is 0.545. The number of aromatic nitrogens is 2. The van der Waals surface area contributed by atoms with Gasteiger partial charge in [-0.2, -0.15) is 5.10 Å². The molecular formula is C11H16BrN3. The SMILES string of the molecule is CC(C)n1ncc(Br)c1C1=CCNCC1. The molecule has 0 bridgehead atoms. The van der Waals surface area contributed by atoms with Gasteiger partial charge in [-0.05, 0) is 48.3 Å². The van der Waals surface area contributed by atoms with Crippen LogP contribution in [-0.4, -0.2) is 22.9 Å². The fourth-order valence-electron chi connectivity index (χ4n) is 1.87. The minimum absolute atomic E-state index is 0.405. The largest absolute Gasteiger partial charge is 0.313 e. The predicted octanol–water partition coefficient (Wildman–Crippen LogP) is 2.60. The normalized spacial score (nSPS) is 16.9. The Labute approximate surface area is 98.7 Å². The summed E-state index contributed by atoms with van der Waals surface area (Å²) in [4.78, 5) is 0. The second kappa shape index (κ2) is 4.49. The van der Waals surface area contributed by atoms with Gasteiger partial charge in [-0.15, -0.1) is 0 Å². The van der Waals surface area contributed by atoms with Gasteiger partial charge < -0.3 is 5.32 Å². The molecule has 0 radical (unpaired) electrons. The highest BCUT2D eigenvalue weighted by Crippen LogP contribution is 2.29. The third kappa shape index (κ3) is 2.16. The van der Waals surface area contributed by atoms with Crippen LogP contribution in [0.4, 0.5) is 0 Å². The minimum Gasteiger partial charge on any atom is -0.313 e. The van der Waals surface area contributed by atoms with Crippen LogP contribution in [0.5, 0.6) is 0 Å². The van der Waals surface area contributed by atoms with E-state index in [9.17, 15) is 0 Å². The van der Waals surface area contributed by atoms with Crippen molar-refractivity contribution >= 4 is 21.5 Å². The molecule has 15 heavy (non-hydrogen) atoms. The first kappa shape index (κ1) is 10.9. The molecule has 0 aromatic carbocycles. The Bertz CT molecular complexity index is 379. The average Bonchev–Trinajstić information content (AvgIpc) is 2.61. The first-order chi connectivity index (χ1) is 7.20. The third-order valence-electron chi connectivity index (χ3n) is 2.61. The maximum atomic E-state index is 4.40. The summed E-state index contributed by atoms with van der Waals surface area (Å²) in [6, 6.07) is 0.405. The zero-order valence-electron chi connectivity index (χ0n) is 9.13. The van der Waals surface area contributed by atoms with E-state index in [2.05, 4.69) is 51.0 Å². The number of halogens is 1. The van der Waals surface area contributed by atoms with E-state index in [4.69, 9.17) is 0 Å². The van der Waals surface area contributed by atoms with Gasteiger partial charge in [-0.3, -0.25) is 4.68 Å². The van der Waals surface area contributed by atoms with Crippen molar-refractivity contribution in [3.63, 3.8) is 0 Å². The Morgan fingerprint density at radius 3 is 2.93 bits per heavy atom. The Balaban J connectivity index is 2.41. The molecule has 0 fully saturated rings. The lowest BCUT2D eigenvalue weighted by Crippen LogP contribution is -2.21. The number of hydrogen-bond acceptors (Lipinski definition) is 2. The highest BCUT2D eigenvalue weighted by atomic mass is 79.9. The van der Waals surface area contributed by atoms with E-state index in [1.807, 2.05) is 6.20 Å². The van der Waals surface area contributed by atoms with Gasteiger partial charge >= 0.3 is 0 Å². The van der Waals surface area contributed by atoms with Gasteiger partial charge in [0.1, 0.15) is 0 Å². The van der Waals surface area contributed by atoms with Crippen molar-refractivity contribution in [2.24, 2.45) is 0 Å². The maximum absolute atomic E-state index is 4.40. The molecule has 4 heteroatoms. The van der Waals surface area contributed by atoms with Crippen LogP contribution < -0.4 is 5.32 Å². The predicted molar refractivity (Wildman–Crippen MR) is 65.8 cm³/mol. The Morgan fingerprint density at radius 1 is 1.53 bits per heavy atom. The lowest BCUT2D eigenvalue weighted by molar-refractivity contribution is 0.524. The summed E-state index contributed by atoms with van der Waals surface area (Å²) < 4.78 is 3.19. The van der Waals surface area contributed by atoms with Crippen molar-refractivity contribution in [3.05, 3.63) is 22.4 Å². The summed E-state index contributed by atoms with van der Waals surface area (Å²) in [5.74, 6) is 0. The van der Waals surface area contributed by atoms with E-state index in [0.717, 1.165) is 24.0 Å². The molecule has 82 valence electrons. The molecule has 1 aliphatic heterocycles. The van der Waals surface area contributed by atoms with Gasteiger partial charge in [0.15, 0.2) is 0 Å². The summed E-state index contributed by atoms with van der Waals surface area (Å²) in [6.07, 6.45) is 5.22. The molecule has 0 saturated heterocycles. The molecule has 0 atom stereocenters. The second-order valence-electron chi connectivity index (χ2n) is 4.06. The third-order valence-corrected chi connectivity index (χ3v) is 3.19. The standard InChI is InChI=1S/C11H16BrN3/c1-8(2)15-11(10(12)7-14-15)9-3-5-13-6-4-9/h3,7-8,13H,4-6H2,1-2H3. The molecule has 2 rings (SSSR count). The molecule has 0 saturated carbocycles. The van der Waals surface area contributed by atoms with Gasteiger partial charge in [-0.1, -0.05) is 6.08 Å². The van der Waals surface area contributed by atoms with Crippen molar-refractivity contribution in [2.45, 2.75) is 26.3 Å². The minimum atomic E-state index is 0.405. The van der Waals surface area contributed by atoms with Crippen LogP contribution in [0.25, 0.3) is 5.57 Å². The Morgan fingerprint density at radius 2 is 2.33 bits per heavy atom. The van der Waals surface area contributed by atoms with Gasteiger partial charge in [0.25, 0.3) is 0 Å². The number of hydrogen-bond donors (Lipinski definition) is 1. The molecule has 0 spiro atoms. The summed E-state index contributed by atoms with van der Waals surface area (Å²) in [6.45, 7) is 6.34. The van der Waals surface area contributed by atoms with Gasteiger partial charge in [0.2, 0.25) is 0 Å². The molecule has 1 aromatic rings. The monoisotopic (exact) mass is 269 g/mol. The summed E-state index contributed by atoms with van der Waals surface area (Å²) >= 11 is 3.58. The zero-order chi connectivity index (χ0) is 10.8. The summed E-state index contributed by atoms with van der Waals surface area (Å²) in [5.41, 5.74) is 2.64. The summed E-state index contributed by atoms with van der Waals surface area (Å²) in [5, 5.41) is 7.72. The number of rotatable bonds is 2. The van der Waals surface area contributed by atoms with Crippen molar-refractivity contribution in [2.75, 3.05) is 13.1 Å². The molecule has 1 N–H and O–H groups in total. The molecule has 0 amide bonds. The van der Waals surface area contributed by atoms with Crippen molar-refractivity contribution in [1.82, 2.24) is 15.1 Å². The molecule has 3 nitrogen and oxygen atoms in total. The first-order valence-electron chi connectivity index (χ1n) is 5.33. The van der Waals surface area contributed by atoms with Crippen molar-refractivity contribution in [3.8, 4) is 0 Å². The summed E-state index contributed by atoms with van der Waals surface area (Å²) in [7, 11) is 0. The topological polar surface area (TPSA) is 29.9 Å². The van der Waals surface area contributed by atoms with E-state index in [1.165, 1.54) is 11.3 Å². The number of nitrogens with zero attached hydrogens (tertiary/aromatic N) is 2. The molecular weight excluding hydrogens is 254 g/mol. The highest BCUT2D eigenvalue weighted by molar-refractivity contribution is 9.10.